The first kappa shape index (κ1) is 15.2. The average Bonchev–Trinajstić information content (AvgIpc) is 2.05. The Hall–Kier alpha value is -0.250. The second kappa shape index (κ2) is 8.35. The predicted octanol–water partition coefficient (Wildman–Crippen LogP) is 3.31. The lowest BCUT2D eigenvalue weighted by Gasteiger charge is -2.13. The highest BCUT2D eigenvalue weighted by molar-refractivity contribution is 4.54. The van der Waals surface area contributed by atoms with E-state index in [0.717, 1.165) is 6.54 Å². The number of alkyl halides is 3. The molecule has 4 heteroatoms. The highest BCUT2D eigenvalue weighted by atomic mass is 19.4. The van der Waals surface area contributed by atoms with Crippen LogP contribution in [0.25, 0.3) is 0 Å². The SMILES string of the molecule is CC.CCN(C)CCCC(F)(F)F. The zero-order valence-corrected chi connectivity index (χ0v) is 8.91. The van der Waals surface area contributed by atoms with Crippen LogP contribution in [0, 0.1) is 0 Å². The summed E-state index contributed by atoms with van der Waals surface area (Å²) in [4.78, 5) is 1.87. The van der Waals surface area contributed by atoms with Crippen molar-refractivity contribution in [2.75, 3.05) is 20.1 Å². The van der Waals surface area contributed by atoms with Gasteiger partial charge in [-0.3, -0.25) is 0 Å². The van der Waals surface area contributed by atoms with E-state index in [0.29, 0.717) is 6.54 Å². The van der Waals surface area contributed by atoms with Crippen LogP contribution in [0.1, 0.15) is 33.6 Å². The summed E-state index contributed by atoms with van der Waals surface area (Å²) in [6, 6.07) is 0. The molecule has 0 aromatic heterocycles. The molecule has 0 aliphatic heterocycles. The third-order valence-electron chi connectivity index (χ3n) is 1.54. The first-order valence-electron chi connectivity index (χ1n) is 4.71. The van der Waals surface area contributed by atoms with Crippen molar-refractivity contribution >= 4 is 0 Å². The van der Waals surface area contributed by atoms with E-state index in [9.17, 15) is 13.2 Å². The number of hydrogen-bond acceptors (Lipinski definition) is 1. The largest absolute Gasteiger partial charge is 0.389 e. The Bertz CT molecular complexity index is 102. The van der Waals surface area contributed by atoms with Gasteiger partial charge in [0.15, 0.2) is 0 Å². The number of halogens is 3. The topological polar surface area (TPSA) is 3.24 Å². The Balaban J connectivity index is 0. The third kappa shape index (κ3) is 14.6. The highest BCUT2D eigenvalue weighted by Gasteiger charge is 2.25. The first-order chi connectivity index (χ1) is 5.95. The van der Waals surface area contributed by atoms with Crippen LogP contribution >= 0.6 is 0 Å². The van der Waals surface area contributed by atoms with Gasteiger partial charge in [0.25, 0.3) is 0 Å². The molecule has 0 saturated carbocycles. The third-order valence-corrected chi connectivity index (χ3v) is 1.54. The van der Waals surface area contributed by atoms with Crippen molar-refractivity contribution in [1.29, 1.82) is 0 Å². The van der Waals surface area contributed by atoms with E-state index < -0.39 is 12.6 Å². The molecule has 0 aromatic carbocycles. The molecule has 0 saturated heterocycles. The summed E-state index contributed by atoms with van der Waals surface area (Å²) in [5, 5.41) is 0. The van der Waals surface area contributed by atoms with Crippen LogP contribution in [0.5, 0.6) is 0 Å². The summed E-state index contributed by atoms with van der Waals surface area (Å²) in [6.45, 7) is 7.25. The average molecular weight is 199 g/mol. The van der Waals surface area contributed by atoms with Crippen LogP contribution in [0.2, 0.25) is 0 Å². The van der Waals surface area contributed by atoms with Gasteiger partial charge in [0, 0.05) is 6.42 Å². The molecule has 0 radical (unpaired) electrons. The lowest BCUT2D eigenvalue weighted by Crippen LogP contribution is -2.20. The van der Waals surface area contributed by atoms with Crippen LogP contribution in [-0.2, 0) is 0 Å². The molecule has 0 unspecified atom stereocenters. The number of nitrogens with zero attached hydrogens (tertiary/aromatic N) is 1. The Morgan fingerprint density at radius 1 is 1.15 bits per heavy atom. The summed E-state index contributed by atoms with van der Waals surface area (Å²) in [7, 11) is 1.82. The van der Waals surface area contributed by atoms with Crippen LogP contribution in [-0.4, -0.2) is 31.2 Å². The molecule has 0 aromatic rings. The first-order valence-corrected chi connectivity index (χ1v) is 4.71. The van der Waals surface area contributed by atoms with Gasteiger partial charge in [-0.1, -0.05) is 20.8 Å². The van der Waals surface area contributed by atoms with E-state index >= 15 is 0 Å². The molecule has 82 valence electrons. The van der Waals surface area contributed by atoms with Gasteiger partial charge in [0.2, 0.25) is 0 Å². The lowest BCUT2D eigenvalue weighted by atomic mass is 10.3. The monoisotopic (exact) mass is 199 g/mol. The minimum absolute atomic E-state index is 0.202. The highest BCUT2D eigenvalue weighted by Crippen LogP contribution is 2.21. The van der Waals surface area contributed by atoms with Gasteiger partial charge in [-0.05, 0) is 26.6 Å². The second-order valence-corrected chi connectivity index (χ2v) is 2.61. The molecule has 0 atom stereocenters. The summed E-state index contributed by atoms with van der Waals surface area (Å²) >= 11 is 0. The fraction of sp³-hybridized carbons (Fsp3) is 1.00. The molecule has 0 heterocycles. The van der Waals surface area contributed by atoms with Crippen LogP contribution in [0.15, 0.2) is 0 Å². The van der Waals surface area contributed by atoms with E-state index in [2.05, 4.69) is 0 Å². The van der Waals surface area contributed by atoms with E-state index in [1.54, 1.807) is 0 Å². The minimum Gasteiger partial charge on any atom is -0.307 e. The zero-order chi connectivity index (χ0) is 10.9. The van der Waals surface area contributed by atoms with E-state index in [-0.39, 0.29) is 6.42 Å². The molecular weight excluding hydrogens is 179 g/mol. The van der Waals surface area contributed by atoms with Gasteiger partial charge in [-0.2, -0.15) is 13.2 Å². The molecule has 0 rings (SSSR count). The normalized spacial score (nSPS) is 11.1. The molecule has 0 amide bonds. The van der Waals surface area contributed by atoms with Gasteiger partial charge in [0.1, 0.15) is 0 Å². The smallest absolute Gasteiger partial charge is 0.307 e. The van der Waals surface area contributed by atoms with Crippen LogP contribution < -0.4 is 0 Å². The van der Waals surface area contributed by atoms with Crippen molar-refractivity contribution in [2.45, 2.75) is 39.8 Å². The van der Waals surface area contributed by atoms with Gasteiger partial charge in [0.05, 0.1) is 0 Å². The summed E-state index contributed by atoms with van der Waals surface area (Å²) < 4.78 is 34.8. The van der Waals surface area contributed by atoms with Crippen molar-refractivity contribution in [3.05, 3.63) is 0 Å². The maximum absolute atomic E-state index is 11.6. The molecule has 1 nitrogen and oxygen atoms in total. The molecule has 0 N–H and O–H groups in total. The molecule has 0 spiro atoms. The summed E-state index contributed by atoms with van der Waals surface area (Å²) in [6.07, 6.45) is -4.46. The van der Waals surface area contributed by atoms with Gasteiger partial charge >= 0.3 is 6.18 Å². The molecule has 13 heavy (non-hydrogen) atoms. The standard InChI is InChI=1S/C7H14F3N.C2H6/c1-3-11(2)6-4-5-7(8,9)10;1-2/h3-6H2,1-2H3;1-2H3. The Kier molecular flexibility index (Phi) is 9.79. The van der Waals surface area contributed by atoms with Crippen molar-refractivity contribution < 1.29 is 13.2 Å². The fourth-order valence-electron chi connectivity index (χ4n) is 0.708. The molecule has 0 aliphatic carbocycles. The number of hydrogen-bond donors (Lipinski definition) is 0. The van der Waals surface area contributed by atoms with E-state index in [1.807, 2.05) is 32.7 Å². The Morgan fingerprint density at radius 3 is 1.92 bits per heavy atom. The molecule has 0 fully saturated rings. The van der Waals surface area contributed by atoms with Gasteiger partial charge < -0.3 is 4.90 Å². The van der Waals surface area contributed by atoms with Crippen LogP contribution in [0.4, 0.5) is 13.2 Å². The Labute approximate surface area is 78.9 Å². The van der Waals surface area contributed by atoms with Crippen molar-refractivity contribution in [3.63, 3.8) is 0 Å². The Morgan fingerprint density at radius 2 is 1.62 bits per heavy atom. The summed E-state index contributed by atoms with van der Waals surface area (Å²) in [5.74, 6) is 0. The summed E-state index contributed by atoms with van der Waals surface area (Å²) in [5.41, 5.74) is 0. The van der Waals surface area contributed by atoms with Crippen molar-refractivity contribution in [2.24, 2.45) is 0 Å². The number of rotatable bonds is 4. The molecule has 0 bridgehead atoms. The maximum atomic E-state index is 11.6. The van der Waals surface area contributed by atoms with Gasteiger partial charge in [-0.25, -0.2) is 0 Å². The van der Waals surface area contributed by atoms with Crippen molar-refractivity contribution in [1.82, 2.24) is 4.90 Å². The fourth-order valence-corrected chi connectivity index (χ4v) is 0.708. The molecule has 0 aliphatic rings. The minimum atomic E-state index is -3.99. The maximum Gasteiger partial charge on any atom is 0.389 e. The zero-order valence-electron chi connectivity index (χ0n) is 8.91. The van der Waals surface area contributed by atoms with E-state index in [4.69, 9.17) is 0 Å². The molecular formula is C9H20F3N. The predicted molar refractivity (Wildman–Crippen MR) is 49.8 cm³/mol. The lowest BCUT2D eigenvalue weighted by molar-refractivity contribution is -0.136. The van der Waals surface area contributed by atoms with Crippen molar-refractivity contribution in [3.8, 4) is 0 Å². The quantitative estimate of drug-likeness (QED) is 0.671. The van der Waals surface area contributed by atoms with Crippen LogP contribution in [0.3, 0.4) is 0 Å². The van der Waals surface area contributed by atoms with E-state index in [1.165, 1.54) is 0 Å². The van der Waals surface area contributed by atoms with Gasteiger partial charge in [-0.15, -0.1) is 0 Å². The second-order valence-electron chi connectivity index (χ2n) is 2.61.